The van der Waals surface area contributed by atoms with E-state index in [1.807, 2.05) is 0 Å². The van der Waals surface area contributed by atoms with E-state index in [9.17, 15) is 18.4 Å². The van der Waals surface area contributed by atoms with E-state index in [1.54, 1.807) is 25.3 Å². The van der Waals surface area contributed by atoms with Gasteiger partial charge in [0.05, 0.1) is 18.8 Å². The number of amides is 2. The molecule has 2 fully saturated rings. The molecule has 3 heterocycles. The third-order valence-electron chi connectivity index (χ3n) is 7.60. The van der Waals surface area contributed by atoms with Crippen molar-refractivity contribution in [3.63, 3.8) is 0 Å². The number of nitrogens with two attached hydrogens (primary N) is 1. The molecule has 1 aliphatic heterocycles. The number of ether oxygens (including phenoxy) is 1. The molecule has 5 rings (SSSR count). The summed E-state index contributed by atoms with van der Waals surface area (Å²) in [6, 6.07) is 2.69. The lowest BCUT2D eigenvalue weighted by molar-refractivity contribution is -0.122. The van der Waals surface area contributed by atoms with E-state index in [0.29, 0.717) is 49.8 Å². The van der Waals surface area contributed by atoms with Crippen molar-refractivity contribution in [2.24, 2.45) is 11.7 Å². The standard InChI is InChI=1S/C28H35F3N8O3/c1-28(2,3)42-27(41)38-12-11-20(19(31)14-38)34-25-33-13-21-24(37-25)39(16-9-7-15(8-10-16)23(32)40)26(35-21)36-22-17(29)5-4-6-18(22)30/h4-6,13,15-16,19-20H,7-12,14H2,1-3H3,(H2,32,40)(H,35,36)(H,33,34,37)/t15-,16-,19-,20+/m1/s1. The molecule has 0 radical (unpaired) electrons. The Kier molecular flexibility index (Phi) is 8.15. The van der Waals surface area contributed by atoms with Crippen LogP contribution in [-0.2, 0) is 9.53 Å². The van der Waals surface area contributed by atoms with Crippen LogP contribution in [0.1, 0.15) is 58.9 Å². The fourth-order valence-corrected chi connectivity index (χ4v) is 5.47. The lowest BCUT2D eigenvalue weighted by atomic mass is 9.85. The first kappa shape index (κ1) is 29.4. The predicted molar refractivity (Wildman–Crippen MR) is 150 cm³/mol. The summed E-state index contributed by atoms with van der Waals surface area (Å²) in [6.07, 6.45) is 2.01. The monoisotopic (exact) mass is 588 g/mol. The lowest BCUT2D eigenvalue weighted by Crippen LogP contribution is -2.51. The maximum atomic E-state index is 15.2. The summed E-state index contributed by atoms with van der Waals surface area (Å²) < 4.78 is 51.4. The fourth-order valence-electron chi connectivity index (χ4n) is 5.47. The Morgan fingerprint density at radius 2 is 1.76 bits per heavy atom. The molecular weight excluding hydrogens is 553 g/mol. The zero-order valence-corrected chi connectivity index (χ0v) is 23.7. The van der Waals surface area contributed by atoms with Crippen LogP contribution in [0.2, 0.25) is 0 Å². The molecule has 1 saturated heterocycles. The minimum atomic E-state index is -1.40. The third-order valence-corrected chi connectivity index (χ3v) is 7.60. The Bertz CT molecular complexity index is 1450. The Hall–Kier alpha value is -4.10. The summed E-state index contributed by atoms with van der Waals surface area (Å²) in [5.74, 6) is -1.87. The first-order valence-electron chi connectivity index (χ1n) is 14.0. The van der Waals surface area contributed by atoms with Crippen molar-refractivity contribution >= 4 is 40.7 Å². The van der Waals surface area contributed by atoms with Crippen LogP contribution in [0.5, 0.6) is 0 Å². The van der Waals surface area contributed by atoms with Gasteiger partial charge in [0.1, 0.15) is 34.6 Å². The second-order valence-corrected chi connectivity index (χ2v) is 11.8. The fraction of sp³-hybridized carbons (Fsp3) is 0.536. The number of imidazole rings is 1. The lowest BCUT2D eigenvalue weighted by Gasteiger charge is -2.35. The molecule has 2 aromatic heterocycles. The minimum absolute atomic E-state index is 0.141. The van der Waals surface area contributed by atoms with E-state index in [0.717, 1.165) is 12.1 Å². The van der Waals surface area contributed by atoms with Crippen molar-refractivity contribution in [3.8, 4) is 0 Å². The number of primary amides is 1. The highest BCUT2D eigenvalue weighted by atomic mass is 19.1. The van der Waals surface area contributed by atoms with Crippen LogP contribution in [0.15, 0.2) is 24.4 Å². The average molecular weight is 589 g/mol. The molecule has 226 valence electrons. The number of halogens is 3. The van der Waals surface area contributed by atoms with Crippen molar-refractivity contribution in [3.05, 3.63) is 36.0 Å². The number of alkyl halides is 1. The number of para-hydroxylation sites is 1. The number of anilines is 3. The quantitative estimate of drug-likeness (QED) is 0.372. The van der Waals surface area contributed by atoms with Gasteiger partial charge >= 0.3 is 6.09 Å². The van der Waals surface area contributed by atoms with Crippen LogP contribution < -0.4 is 16.4 Å². The van der Waals surface area contributed by atoms with Gasteiger partial charge in [-0.15, -0.1) is 0 Å². The van der Waals surface area contributed by atoms with Gasteiger partial charge in [-0.2, -0.15) is 4.98 Å². The predicted octanol–water partition coefficient (Wildman–Crippen LogP) is 4.82. The van der Waals surface area contributed by atoms with Gasteiger partial charge in [-0.3, -0.25) is 9.36 Å². The first-order valence-corrected chi connectivity index (χ1v) is 14.0. The van der Waals surface area contributed by atoms with Gasteiger partial charge in [-0.1, -0.05) is 6.07 Å². The van der Waals surface area contributed by atoms with Gasteiger partial charge in [0.15, 0.2) is 5.65 Å². The summed E-state index contributed by atoms with van der Waals surface area (Å²) in [4.78, 5) is 38.9. The Morgan fingerprint density at radius 1 is 1.07 bits per heavy atom. The molecule has 0 unspecified atom stereocenters. The Balaban J connectivity index is 1.40. The van der Waals surface area contributed by atoms with Crippen molar-refractivity contribution in [2.75, 3.05) is 23.7 Å². The van der Waals surface area contributed by atoms with Gasteiger partial charge in [0, 0.05) is 18.5 Å². The number of carbonyl (C=O) groups is 2. The summed E-state index contributed by atoms with van der Waals surface area (Å²) in [7, 11) is 0. The topological polar surface area (TPSA) is 140 Å². The molecule has 0 spiro atoms. The van der Waals surface area contributed by atoms with E-state index in [-0.39, 0.29) is 42.0 Å². The number of fused-ring (bicyclic) bond motifs is 1. The molecule has 11 nitrogen and oxygen atoms in total. The number of hydrogen-bond donors (Lipinski definition) is 3. The number of carbonyl (C=O) groups excluding carboxylic acids is 2. The van der Waals surface area contributed by atoms with Crippen LogP contribution in [0.4, 0.5) is 35.5 Å². The van der Waals surface area contributed by atoms with Gasteiger partial charge in [-0.25, -0.2) is 27.9 Å². The second kappa shape index (κ2) is 11.6. The summed E-state index contributed by atoms with van der Waals surface area (Å²) in [6.45, 7) is 5.40. The van der Waals surface area contributed by atoms with Crippen molar-refractivity contribution in [2.45, 2.75) is 76.7 Å². The Labute approximate surface area is 241 Å². The second-order valence-electron chi connectivity index (χ2n) is 11.8. The molecule has 1 aliphatic carbocycles. The van der Waals surface area contributed by atoms with E-state index in [1.165, 1.54) is 17.2 Å². The number of benzene rings is 1. The molecule has 2 atom stereocenters. The summed E-state index contributed by atoms with van der Waals surface area (Å²) >= 11 is 0. The van der Waals surface area contributed by atoms with Gasteiger partial charge in [-0.05, 0) is 65.0 Å². The van der Waals surface area contributed by atoms with E-state index < -0.39 is 35.5 Å². The van der Waals surface area contributed by atoms with E-state index in [2.05, 4.69) is 25.6 Å². The maximum Gasteiger partial charge on any atom is 0.410 e. The summed E-state index contributed by atoms with van der Waals surface area (Å²) in [5.41, 5.74) is 5.23. The molecule has 42 heavy (non-hydrogen) atoms. The van der Waals surface area contributed by atoms with Gasteiger partial charge in [0.2, 0.25) is 17.8 Å². The number of rotatable bonds is 6. The molecule has 3 aromatic rings. The largest absolute Gasteiger partial charge is 0.444 e. The highest BCUT2D eigenvalue weighted by molar-refractivity contribution is 5.78. The number of hydrogen-bond acceptors (Lipinski definition) is 8. The molecule has 4 N–H and O–H groups in total. The third kappa shape index (κ3) is 6.36. The normalized spacial score (nSPS) is 23.0. The van der Waals surface area contributed by atoms with E-state index >= 15 is 4.39 Å². The smallest absolute Gasteiger partial charge is 0.410 e. The number of nitrogens with one attached hydrogen (secondary N) is 2. The van der Waals surface area contributed by atoms with Crippen LogP contribution in [0.3, 0.4) is 0 Å². The van der Waals surface area contributed by atoms with E-state index in [4.69, 9.17) is 10.5 Å². The van der Waals surface area contributed by atoms with Gasteiger partial charge < -0.3 is 26.0 Å². The Morgan fingerprint density at radius 3 is 2.38 bits per heavy atom. The molecule has 1 aromatic carbocycles. The SMILES string of the molecule is CC(C)(C)OC(=O)N1CC[C@H](Nc2ncc3nc(Nc4c(F)cccc4F)n([C@H]4CC[C@H](C(N)=O)CC4)c3n2)[C@H](F)C1. The number of likely N-dealkylation sites (tertiary alicyclic amines) is 1. The highest BCUT2D eigenvalue weighted by Gasteiger charge is 2.35. The number of nitrogens with zero attached hydrogens (tertiary/aromatic N) is 5. The van der Waals surface area contributed by atoms with Crippen molar-refractivity contribution < 1.29 is 27.5 Å². The molecule has 2 amide bonds. The van der Waals surface area contributed by atoms with Crippen molar-refractivity contribution in [1.29, 1.82) is 0 Å². The molecule has 1 saturated carbocycles. The number of aromatic nitrogens is 4. The van der Waals surface area contributed by atoms with Crippen LogP contribution in [-0.4, -0.2) is 67.3 Å². The first-order chi connectivity index (χ1) is 19.9. The van der Waals surface area contributed by atoms with Crippen LogP contribution in [0.25, 0.3) is 11.2 Å². The van der Waals surface area contributed by atoms with Crippen LogP contribution in [0, 0.1) is 17.6 Å². The van der Waals surface area contributed by atoms with Crippen LogP contribution >= 0.6 is 0 Å². The van der Waals surface area contributed by atoms with Gasteiger partial charge in [0.25, 0.3) is 0 Å². The zero-order chi connectivity index (χ0) is 30.2. The number of piperidine rings is 1. The zero-order valence-electron chi connectivity index (χ0n) is 23.7. The van der Waals surface area contributed by atoms with Crippen molar-refractivity contribution in [1.82, 2.24) is 24.4 Å². The maximum absolute atomic E-state index is 15.2. The minimum Gasteiger partial charge on any atom is -0.444 e. The molecule has 0 bridgehead atoms. The summed E-state index contributed by atoms with van der Waals surface area (Å²) in [5, 5.41) is 5.82. The molecule has 14 heteroatoms. The molecular formula is C28H35F3N8O3. The molecule has 2 aliphatic rings. The average Bonchev–Trinajstić information content (AvgIpc) is 3.28. The highest BCUT2D eigenvalue weighted by Crippen LogP contribution is 2.37.